The van der Waals surface area contributed by atoms with Crippen molar-refractivity contribution < 1.29 is 4.92 Å². The van der Waals surface area contributed by atoms with Crippen molar-refractivity contribution in [3.05, 3.63) is 82.1 Å². The minimum atomic E-state index is -0.442. The first-order chi connectivity index (χ1) is 11.6. The Morgan fingerprint density at radius 3 is 2.62 bits per heavy atom. The number of anilines is 1. The molecule has 0 amide bonds. The summed E-state index contributed by atoms with van der Waals surface area (Å²) in [5.74, 6) is 0.656. The van der Waals surface area contributed by atoms with Gasteiger partial charge in [-0.1, -0.05) is 24.3 Å². The summed E-state index contributed by atoms with van der Waals surface area (Å²) in [6.45, 7) is 3.20. The van der Waals surface area contributed by atoms with Gasteiger partial charge in [0, 0.05) is 31.5 Å². The Balaban J connectivity index is 1.61. The van der Waals surface area contributed by atoms with Crippen LogP contribution in [0.1, 0.15) is 16.7 Å². The fourth-order valence-corrected chi connectivity index (χ4v) is 2.38. The van der Waals surface area contributed by atoms with Crippen molar-refractivity contribution in [2.24, 2.45) is 0 Å². The fourth-order valence-electron chi connectivity index (χ4n) is 2.38. The number of aromatic nitrogens is 3. The average Bonchev–Trinajstić information content (AvgIpc) is 3.08. The lowest BCUT2D eigenvalue weighted by molar-refractivity contribution is -0.385. The van der Waals surface area contributed by atoms with Gasteiger partial charge in [-0.2, -0.15) is 0 Å². The van der Waals surface area contributed by atoms with Gasteiger partial charge in [0.05, 0.1) is 11.3 Å². The van der Waals surface area contributed by atoms with Gasteiger partial charge in [-0.05, 0) is 23.6 Å². The molecule has 122 valence electrons. The van der Waals surface area contributed by atoms with E-state index in [2.05, 4.69) is 39.6 Å². The molecule has 0 aliphatic heterocycles. The van der Waals surface area contributed by atoms with E-state index in [1.165, 1.54) is 17.8 Å². The van der Waals surface area contributed by atoms with Crippen LogP contribution in [-0.4, -0.2) is 19.5 Å². The topological polar surface area (TPSA) is 85.9 Å². The maximum absolute atomic E-state index is 10.7. The van der Waals surface area contributed by atoms with Crippen molar-refractivity contribution in [1.29, 1.82) is 0 Å². The number of nitro groups is 1. The molecule has 0 saturated heterocycles. The van der Waals surface area contributed by atoms with Crippen LogP contribution in [0.4, 0.5) is 11.5 Å². The Kier molecular flexibility index (Phi) is 4.51. The first kappa shape index (κ1) is 15.7. The van der Waals surface area contributed by atoms with Crippen molar-refractivity contribution in [2.45, 2.75) is 20.0 Å². The summed E-state index contributed by atoms with van der Waals surface area (Å²) in [7, 11) is 0. The van der Waals surface area contributed by atoms with Crippen LogP contribution in [0.25, 0.3) is 0 Å². The zero-order chi connectivity index (χ0) is 16.9. The highest BCUT2D eigenvalue weighted by molar-refractivity contribution is 5.48. The second-order valence-corrected chi connectivity index (χ2v) is 5.52. The third-order valence-electron chi connectivity index (χ3n) is 3.68. The van der Waals surface area contributed by atoms with E-state index < -0.39 is 4.92 Å². The normalized spacial score (nSPS) is 10.5. The summed E-state index contributed by atoms with van der Waals surface area (Å²) in [5.41, 5.74) is 3.06. The van der Waals surface area contributed by atoms with Crippen LogP contribution in [0.5, 0.6) is 0 Å². The lowest BCUT2D eigenvalue weighted by Crippen LogP contribution is -2.04. The Morgan fingerprint density at radius 1 is 1.25 bits per heavy atom. The fraction of sp³-hybridized carbons (Fsp3) is 0.176. The SMILES string of the molecule is Cc1cc([N+](=O)[O-])cnc1NCc1ccc(Cn2ccnc2)cc1. The molecular weight excluding hydrogens is 306 g/mol. The Morgan fingerprint density at radius 2 is 2.00 bits per heavy atom. The van der Waals surface area contributed by atoms with E-state index in [0.29, 0.717) is 12.4 Å². The molecule has 0 aliphatic rings. The van der Waals surface area contributed by atoms with Crippen LogP contribution in [0.2, 0.25) is 0 Å². The number of pyridine rings is 1. The summed E-state index contributed by atoms with van der Waals surface area (Å²) in [5, 5.41) is 13.9. The van der Waals surface area contributed by atoms with Gasteiger partial charge in [0.15, 0.2) is 0 Å². The zero-order valence-electron chi connectivity index (χ0n) is 13.2. The maximum Gasteiger partial charge on any atom is 0.287 e. The molecule has 0 aliphatic carbocycles. The third-order valence-corrected chi connectivity index (χ3v) is 3.68. The molecule has 0 fully saturated rings. The van der Waals surface area contributed by atoms with Crippen LogP contribution >= 0.6 is 0 Å². The number of aryl methyl sites for hydroxylation is 1. The van der Waals surface area contributed by atoms with E-state index in [1.54, 1.807) is 19.4 Å². The van der Waals surface area contributed by atoms with Gasteiger partial charge in [-0.25, -0.2) is 9.97 Å². The summed E-state index contributed by atoms with van der Waals surface area (Å²) in [4.78, 5) is 18.4. The lowest BCUT2D eigenvalue weighted by atomic mass is 10.1. The van der Waals surface area contributed by atoms with Crippen LogP contribution in [0.3, 0.4) is 0 Å². The van der Waals surface area contributed by atoms with Crippen LogP contribution in [0, 0.1) is 17.0 Å². The number of hydrogen-bond donors (Lipinski definition) is 1. The van der Waals surface area contributed by atoms with E-state index in [1.807, 2.05) is 10.8 Å². The van der Waals surface area contributed by atoms with Gasteiger partial charge in [-0.15, -0.1) is 0 Å². The van der Waals surface area contributed by atoms with Gasteiger partial charge in [0.25, 0.3) is 5.69 Å². The van der Waals surface area contributed by atoms with Gasteiger partial charge < -0.3 is 9.88 Å². The van der Waals surface area contributed by atoms with E-state index >= 15 is 0 Å². The first-order valence-corrected chi connectivity index (χ1v) is 7.50. The van der Waals surface area contributed by atoms with E-state index in [-0.39, 0.29) is 5.69 Å². The smallest absolute Gasteiger partial charge is 0.287 e. The predicted octanol–water partition coefficient (Wildman–Crippen LogP) is 3.16. The summed E-state index contributed by atoms with van der Waals surface area (Å²) in [6.07, 6.45) is 6.75. The number of rotatable bonds is 6. The minimum Gasteiger partial charge on any atom is -0.366 e. The zero-order valence-corrected chi connectivity index (χ0v) is 13.2. The minimum absolute atomic E-state index is 0.00176. The van der Waals surface area contributed by atoms with Crippen molar-refractivity contribution >= 4 is 11.5 Å². The number of benzene rings is 1. The quantitative estimate of drug-likeness (QED) is 0.556. The monoisotopic (exact) mass is 323 g/mol. The molecule has 2 aromatic heterocycles. The first-order valence-electron chi connectivity index (χ1n) is 7.50. The molecule has 7 nitrogen and oxygen atoms in total. The molecule has 0 radical (unpaired) electrons. The van der Waals surface area contributed by atoms with Crippen LogP contribution in [0.15, 0.2) is 55.2 Å². The molecule has 0 atom stereocenters. The standard InChI is InChI=1S/C17H17N5O2/c1-13-8-16(22(23)24)10-20-17(13)19-9-14-2-4-15(5-3-14)11-21-7-6-18-12-21/h2-8,10,12H,9,11H2,1H3,(H,19,20). The highest BCUT2D eigenvalue weighted by Crippen LogP contribution is 2.18. The molecule has 3 rings (SSSR count). The van der Waals surface area contributed by atoms with Crippen molar-refractivity contribution in [3.63, 3.8) is 0 Å². The summed E-state index contributed by atoms with van der Waals surface area (Å²) < 4.78 is 2.01. The van der Waals surface area contributed by atoms with E-state index in [0.717, 1.165) is 17.7 Å². The van der Waals surface area contributed by atoms with Gasteiger partial charge in [0.2, 0.25) is 0 Å². The molecule has 24 heavy (non-hydrogen) atoms. The molecule has 7 heteroatoms. The van der Waals surface area contributed by atoms with Crippen molar-refractivity contribution in [3.8, 4) is 0 Å². The molecule has 0 saturated carbocycles. The average molecular weight is 323 g/mol. The van der Waals surface area contributed by atoms with E-state index in [9.17, 15) is 10.1 Å². The van der Waals surface area contributed by atoms with Gasteiger partial charge in [0.1, 0.15) is 12.0 Å². The lowest BCUT2D eigenvalue weighted by Gasteiger charge is -2.09. The maximum atomic E-state index is 10.7. The molecule has 1 N–H and O–H groups in total. The van der Waals surface area contributed by atoms with Crippen molar-refractivity contribution in [2.75, 3.05) is 5.32 Å². The molecule has 1 aromatic carbocycles. The largest absolute Gasteiger partial charge is 0.366 e. The highest BCUT2D eigenvalue weighted by Gasteiger charge is 2.09. The summed E-state index contributed by atoms with van der Waals surface area (Å²) in [6, 6.07) is 9.78. The Hall–Kier alpha value is -3.22. The molecule has 0 unspecified atom stereocenters. The van der Waals surface area contributed by atoms with Crippen LogP contribution in [-0.2, 0) is 13.1 Å². The van der Waals surface area contributed by atoms with Crippen molar-refractivity contribution in [1.82, 2.24) is 14.5 Å². The second kappa shape index (κ2) is 6.91. The number of hydrogen-bond acceptors (Lipinski definition) is 5. The molecule has 2 heterocycles. The molecule has 0 spiro atoms. The Bertz CT molecular complexity index is 829. The predicted molar refractivity (Wildman–Crippen MR) is 90.7 cm³/mol. The molecular formula is C17H17N5O2. The van der Waals surface area contributed by atoms with E-state index in [4.69, 9.17) is 0 Å². The third kappa shape index (κ3) is 3.75. The second-order valence-electron chi connectivity index (χ2n) is 5.52. The van der Waals surface area contributed by atoms with Gasteiger partial charge >= 0.3 is 0 Å². The van der Waals surface area contributed by atoms with Crippen LogP contribution < -0.4 is 5.32 Å². The Labute approximate surface area is 139 Å². The molecule has 3 aromatic rings. The number of nitrogens with one attached hydrogen (secondary N) is 1. The number of imidazole rings is 1. The highest BCUT2D eigenvalue weighted by atomic mass is 16.6. The summed E-state index contributed by atoms with van der Waals surface area (Å²) >= 11 is 0. The number of nitrogens with zero attached hydrogens (tertiary/aromatic N) is 4. The molecule has 0 bridgehead atoms. The van der Waals surface area contributed by atoms with Gasteiger partial charge in [-0.3, -0.25) is 10.1 Å².